The number of hydrogen-bond acceptors (Lipinski definition) is 5. The van der Waals surface area contributed by atoms with Gasteiger partial charge in [-0.1, -0.05) is 11.6 Å². The molecule has 1 rings (SSSR count). The Balaban J connectivity index is 3.12. The van der Waals surface area contributed by atoms with Crippen molar-refractivity contribution in [2.75, 3.05) is 6.26 Å². The van der Waals surface area contributed by atoms with Gasteiger partial charge in [0, 0.05) is 18.4 Å². The number of halogens is 2. The van der Waals surface area contributed by atoms with Gasteiger partial charge in [0.25, 0.3) is 5.69 Å². The zero-order chi connectivity index (χ0) is 14.1. The normalized spacial score (nSPS) is 16.9. The molecule has 0 saturated heterocycles. The summed E-state index contributed by atoms with van der Waals surface area (Å²) in [7, 11) is -3.71. The third-order valence-corrected chi connectivity index (χ3v) is 7.48. The smallest absolute Gasteiger partial charge is 0.269 e. The van der Waals surface area contributed by atoms with E-state index in [4.69, 9.17) is 11.6 Å². The van der Waals surface area contributed by atoms with E-state index in [9.17, 15) is 23.6 Å². The van der Waals surface area contributed by atoms with Crippen molar-refractivity contribution in [3.63, 3.8) is 0 Å². The van der Waals surface area contributed by atoms with Gasteiger partial charge in [0.1, 0.15) is 6.10 Å². The molecule has 0 amide bonds. The number of alkyl halides is 2. The minimum atomic E-state index is -3.71. The van der Waals surface area contributed by atoms with E-state index in [1.165, 1.54) is 46.9 Å². The Labute approximate surface area is 122 Å². The second-order valence-electron chi connectivity index (χ2n) is 3.59. The van der Waals surface area contributed by atoms with E-state index in [1.807, 2.05) is 0 Å². The van der Waals surface area contributed by atoms with E-state index in [0.717, 1.165) is 6.26 Å². The van der Waals surface area contributed by atoms with Crippen molar-refractivity contribution in [1.82, 2.24) is 0 Å². The Hall–Kier alpha value is -0.450. The number of nitro groups is 1. The van der Waals surface area contributed by atoms with Gasteiger partial charge in [-0.3, -0.25) is 10.1 Å². The Morgan fingerprint density at radius 2 is 1.89 bits per heavy atom. The molecule has 2 atom stereocenters. The van der Waals surface area contributed by atoms with Crippen LogP contribution in [-0.4, -0.2) is 26.9 Å². The number of sulfone groups is 1. The van der Waals surface area contributed by atoms with E-state index in [0.29, 0.717) is 0 Å². The number of nitrogens with zero attached hydrogens (tertiary/aromatic N) is 1. The molecule has 0 radical (unpaired) electrons. The minimum absolute atomic E-state index is 0.154. The summed E-state index contributed by atoms with van der Waals surface area (Å²) in [5.41, 5.74) is 0.0364. The lowest BCUT2D eigenvalue weighted by atomic mass is 10.1. The number of non-ortho nitro benzene ring substituents is 1. The van der Waals surface area contributed by atoms with Crippen LogP contribution in [0, 0.1) is 10.1 Å². The highest BCUT2D eigenvalue weighted by atomic mass is 127. The summed E-state index contributed by atoms with van der Waals surface area (Å²) in [5, 5.41) is 20.4. The van der Waals surface area contributed by atoms with Crippen molar-refractivity contribution in [2.24, 2.45) is 0 Å². The molecule has 0 aromatic heterocycles. The lowest BCUT2D eigenvalue weighted by molar-refractivity contribution is -0.384. The van der Waals surface area contributed by atoms with Crippen LogP contribution in [0.1, 0.15) is 11.7 Å². The Morgan fingerprint density at radius 3 is 2.22 bits per heavy atom. The number of hydrogen-bond donors (Lipinski definition) is 1. The third-order valence-electron chi connectivity index (χ3n) is 2.23. The van der Waals surface area contributed by atoms with Crippen LogP contribution in [0.15, 0.2) is 24.3 Å². The molecule has 1 aromatic rings. The Bertz CT molecular complexity index is 557. The lowest BCUT2D eigenvalue weighted by Crippen LogP contribution is -2.31. The van der Waals surface area contributed by atoms with Gasteiger partial charge in [-0.2, -0.15) is 0 Å². The molecule has 0 heterocycles. The second-order valence-corrected chi connectivity index (χ2v) is 9.66. The highest BCUT2D eigenvalue weighted by Gasteiger charge is 2.44. The van der Waals surface area contributed by atoms with Crippen LogP contribution in [0.25, 0.3) is 0 Å². The Kier molecular flexibility index (Phi) is 4.57. The van der Waals surface area contributed by atoms with E-state index < -0.39 is 23.1 Å². The van der Waals surface area contributed by atoms with Gasteiger partial charge in [-0.05, 0) is 40.3 Å². The van der Waals surface area contributed by atoms with Gasteiger partial charge in [0.2, 0.25) is 2.21 Å². The highest BCUT2D eigenvalue weighted by Crippen LogP contribution is 2.42. The molecular formula is C9H9ClINO5S. The summed E-state index contributed by atoms with van der Waals surface area (Å²) < 4.78 is 21.0. The predicted molar refractivity (Wildman–Crippen MR) is 75.5 cm³/mol. The molecule has 6 nitrogen and oxygen atoms in total. The van der Waals surface area contributed by atoms with Gasteiger partial charge in [-0.25, -0.2) is 8.42 Å². The van der Waals surface area contributed by atoms with Crippen molar-refractivity contribution >= 4 is 49.7 Å². The Morgan fingerprint density at radius 1 is 1.44 bits per heavy atom. The van der Waals surface area contributed by atoms with Crippen molar-refractivity contribution in [1.29, 1.82) is 0 Å². The molecule has 100 valence electrons. The van der Waals surface area contributed by atoms with Crippen LogP contribution in [0.4, 0.5) is 5.69 Å². The number of nitro benzene ring substituents is 1. The van der Waals surface area contributed by atoms with E-state index >= 15 is 0 Å². The largest absolute Gasteiger partial charge is 0.385 e. The van der Waals surface area contributed by atoms with Crippen LogP contribution in [-0.2, 0) is 9.84 Å². The molecule has 0 saturated carbocycles. The van der Waals surface area contributed by atoms with Gasteiger partial charge in [0.05, 0.1) is 4.92 Å². The maximum atomic E-state index is 11.4. The number of rotatable bonds is 4. The first kappa shape index (κ1) is 15.6. The molecule has 2 unspecified atom stereocenters. The fourth-order valence-corrected chi connectivity index (χ4v) is 2.20. The van der Waals surface area contributed by atoms with E-state index in [2.05, 4.69) is 0 Å². The predicted octanol–water partition coefficient (Wildman–Crippen LogP) is 2.00. The summed E-state index contributed by atoms with van der Waals surface area (Å²) in [5.74, 6) is 0. The molecule has 0 aliphatic carbocycles. The van der Waals surface area contributed by atoms with Gasteiger partial charge >= 0.3 is 0 Å². The monoisotopic (exact) mass is 405 g/mol. The summed E-state index contributed by atoms with van der Waals surface area (Å²) in [6, 6.07) is 4.88. The van der Waals surface area contributed by atoms with Crippen molar-refractivity contribution in [3.8, 4) is 0 Å². The van der Waals surface area contributed by atoms with Gasteiger partial charge in [-0.15, -0.1) is 0 Å². The van der Waals surface area contributed by atoms with E-state index in [1.54, 1.807) is 0 Å². The van der Waals surface area contributed by atoms with E-state index in [-0.39, 0.29) is 11.3 Å². The topological polar surface area (TPSA) is 97.5 Å². The summed E-state index contributed by atoms with van der Waals surface area (Å²) in [4.78, 5) is 9.87. The molecule has 0 aliphatic heterocycles. The average Bonchev–Trinajstić information content (AvgIpc) is 2.26. The molecule has 9 heteroatoms. The maximum absolute atomic E-state index is 11.4. The lowest BCUT2D eigenvalue weighted by Gasteiger charge is -2.24. The van der Waals surface area contributed by atoms with Gasteiger partial charge < -0.3 is 5.11 Å². The fraction of sp³-hybridized carbons (Fsp3) is 0.333. The average molecular weight is 406 g/mol. The van der Waals surface area contributed by atoms with Crippen LogP contribution < -0.4 is 0 Å². The molecule has 0 fully saturated rings. The number of aliphatic hydroxyl groups excluding tert-OH is 1. The number of benzene rings is 1. The number of aliphatic hydroxyl groups is 1. The van der Waals surface area contributed by atoms with Crippen molar-refractivity contribution < 1.29 is 18.4 Å². The molecule has 1 N–H and O–H groups in total. The summed E-state index contributed by atoms with van der Waals surface area (Å²) in [6.45, 7) is 0. The summed E-state index contributed by atoms with van der Waals surface area (Å²) in [6.07, 6.45) is -0.586. The minimum Gasteiger partial charge on any atom is -0.385 e. The summed E-state index contributed by atoms with van der Waals surface area (Å²) >= 11 is 7.24. The molecule has 0 aliphatic rings. The molecule has 0 spiro atoms. The molecule has 0 bridgehead atoms. The SMILES string of the molecule is CS(=O)(=O)C(Cl)(I)C(O)c1ccc([N+](=O)[O-])cc1. The van der Waals surface area contributed by atoms with Crippen LogP contribution >= 0.6 is 34.2 Å². The highest BCUT2D eigenvalue weighted by molar-refractivity contribution is 14.1. The van der Waals surface area contributed by atoms with Crippen LogP contribution in [0.5, 0.6) is 0 Å². The first-order valence-electron chi connectivity index (χ1n) is 4.57. The zero-order valence-corrected chi connectivity index (χ0v) is 12.8. The van der Waals surface area contributed by atoms with Gasteiger partial charge in [0.15, 0.2) is 9.84 Å². The zero-order valence-electron chi connectivity index (χ0n) is 9.08. The van der Waals surface area contributed by atoms with Crippen LogP contribution in [0.2, 0.25) is 0 Å². The standard InChI is InChI=1S/C9H9ClINO5S/c1-18(16,17)9(10,11)8(13)6-2-4-7(5-3-6)12(14)15/h2-5,8,13H,1H3. The van der Waals surface area contributed by atoms with Crippen molar-refractivity contribution in [3.05, 3.63) is 39.9 Å². The maximum Gasteiger partial charge on any atom is 0.269 e. The third kappa shape index (κ3) is 3.11. The molecule has 1 aromatic carbocycles. The fourth-order valence-electron chi connectivity index (χ4n) is 1.18. The second kappa shape index (κ2) is 5.27. The van der Waals surface area contributed by atoms with Crippen LogP contribution in [0.3, 0.4) is 0 Å². The molecule has 18 heavy (non-hydrogen) atoms. The van der Waals surface area contributed by atoms with Crippen molar-refractivity contribution in [2.45, 2.75) is 8.32 Å². The quantitative estimate of drug-likeness (QED) is 0.358. The molecular weight excluding hydrogens is 397 g/mol. The first-order chi connectivity index (χ1) is 8.07. The first-order valence-corrected chi connectivity index (χ1v) is 7.92.